The Kier molecular flexibility index (Phi) is 4.60. The van der Waals surface area contributed by atoms with Crippen LogP contribution in [0.3, 0.4) is 0 Å². The lowest BCUT2D eigenvalue weighted by molar-refractivity contribution is 0.0942. The molecule has 138 valence electrons. The van der Waals surface area contributed by atoms with Crippen LogP contribution in [0.1, 0.15) is 16.9 Å². The quantitative estimate of drug-likeness (QED) is 0.535. The molecular weight excluding hydrogens is 342 g/mol. The molecule has 1 amide bonds. The number of hydrogen-bond acceptors (Lipinski definition) is 4. The second kappa shape index (κ2) is 7.20. The highest BCUT2D eigenvalue weighted by atomic mass is 16.5. The second-order valence-electron chi connectivity index (χ2n) is 6.33. The first kappa shape index (κ1) is 17.2. The Labute approximate surface area is 156 Å². The Hall–Kier alpha value is -3.19. The highest BCUT2D eigenvalue weighted by Gasteiger charge is 2.22. The molecule has 0 aliphatic rings. The van der Waals surface area contributed by atoms with E-state index in [0.717, 1.165) is 28.4 Å². The highest BCUT2D eigenvalue weighted by molar-refractivity contribution is 6.10. The number of benzene rings is 1. The van der Waals surface area contributed by atoms with Gasteiger partial charge in [-0.2, -0.15) is 0 Å². The number of aryl methyl sites for hydroxylation is 1. The lowest BCUT2D eigenvalue weighted by atomic mass is 10.2. The van der Waals surface area contributed by atoms with Crippen molar-refractivity contribution in [2.45, 2.75) is 6.42 Å². The summed E-state index contributed by atoms with van der Waals surface area (Å²) in [6.45, 7) is 1.15. The molecule has 4 rings (SSSR count). The summed E-state index contributed by atoms with van der Waals surface area (Å²) < 4.78 is 8.97. The highest BCUT2D eigenvalue weighted by Crippen LogP contribution is 2.32. The largest absolute Gasteiger partial charge is 0.385 e. The molecule has 0 aliphatic heterocycles. The molecule has 0 radical (unpaired) electrons. The number of amides is 1. The van der Waals surface area contributed by atoms with Gasteiger partial charge >= 0.3 is 0 Å². The molecule has 0 atom stereocenters. The van der Waals surface area contributed by atoms with Gasteiger partial charge in [-0.15, -0.1) is 0 Å². The lowest BCUT2D eigenvalue weighted by Gasteiger charge is -2.09. The molecule has 7 nitrogen and oxygen atoms in total. The van der Waals surface area contributed by atoms with Crippen LogP contribution in [0.2, 0.25) is 0 Å². The summed E-state index contributed by atoms with van der Waals surface area (Å²) in [5.74, 6) is 0.324. The molecule has 0 bridgehead atoms. The summed E-state index contributed by atoms with van der Waals surface area (Å²) in [4.78, 5) is 21.6. The normalized spacial score (nSPS) is 11.3. The summed E-state index contributed by atoms with van der Waals surface area (Å²) in [6.07, 6.45) is 4.12. The number of rotatable bonds is 6. The van der Waals surface area contributed by atoms with E-state index < -0.39 is 0 Å². The van der Waals surface area contributed by atoms with Gasteiger partial charge in [0.25, 0.3) is 5.91 Å². The standard InChI is InChI=1S/C20H21N5O2/c1-24-15-8-4-3-7-14(15)18-16(24)13-17(19(26)21-11-6-12-27-2)25(18)20-22-9-5-10-23-20/h3-5,7-10,13H,6,11-12H2,1-2H3,(H,21,26). The van der Waals surface area contributed by atoms with Crippen molar-refractivity contribution in [1.82, 2.24) is 24.4 Å². The smallest absolute Gasteiger partial charge is 0.268 e. The number of nitrogens with one attached hydrogen (secondary N) is 1. The van der Waals surface area contributed by atoms with Crippen molar-refractivity contribution < 1.29 is 9.53 Å². The fourth-order valence-electron chi connectivity index (χ4n) is 3.40. The van der Waals surface area contributed by atoms with Gasteiger partial charge in [-0.3, -0.25) is 9.36 Å². The minimum absolute atomic E-state index is 0.154. The minimum Gasteiger partial charge on any atom is -0.385 e. The molecule has 0 aliphatic carbocycles. The van der Waals surface area contributed by atoms with Gasteiger partial charge in [0.1, 0.15) is 5.69 Å². The van der Waals surface area contributed by atoms with Crippen molar-refractivity contribution in [2.75, 3.05) is 20.3 Å². The molecule has 7 heteroatoms. The third kappa shape index (κ3) is 2.96. The molecule has 0 saturated carbocycles. The summed E-state index contributed by atoms with van der Waals surface area (Å²) in [7, 11) is 3.65. The summed E-state index contributed by atoms with van der Waals surface area (Å²) >= 11 is 0. The molecule has 3 aromatic heterocycles. The lowest BCUT2D eigenvalue weighted by Crippen LogP contribution is -2.27. The molecule has 0 spiro atoms. The molecule has 1 aromatic carbocycles. The fourth-order valence-corrected chi connectivity index (χ4v) is 3.40. The van der Waals surface area contributed by atoms with Gasteiger partial charge in [-0.25, -0.2) is 9.97 Å². The van der Waals surface area contributed by atoms with Crippen molar-refractivity contribution >= 4 is 27.8 Å². The zero-order valence-electron chi connectivity index (χ0n) is 15.3. The maximum Gasteiger partial charge on any atom is 0.268 e. The van der Waals surface area contributed by atoms with Gasteiger partial charge in [0.15, 0.2) is 0 Å². The number of carbonyl (C=O) groups excluding carboxylic acids is 1. The van der Waals surface area contributed by atoms with E-state index >= 15 is 0 Å². The number of aromatic nitrogens is 4. The zero-order chi connectivity index (χ0) is 18.8. The van der Waals surface area contributed by atoms with E-state index in [9.17, 15) is 4.79 Å². The van der Waals surface area contributed by atoms with Crippen molar-refractivity contribution in [3.8, 4) is 5.95 Å². The SMILES string of the molecule is COCCCNC(=O)c1cc2c(c3ccccc3n2C)n1-c1ncccn1. The van der Waals surface area contributed by atoms with Gasteiger partial charge in [-0.1, -0.05) is 18.2 Å². The number of hydrogen-bond donors (Lipinski definition) is 1. The Morgan fingerprint density at radius 2 is 1.93 bits per heavy atom. The van der Waals surface area contributed by atoms with Crippen LogP contribution >= 0.6 is 0 Å². The molecule has 27 heavy (non-hydrogen) atoms. The van der Waals surface area contributed by atoms with Crippen LogP contribution in [0.4, 0.5) is 0 Å². The second-order valence-corrected chi connectivity index (χ2v) is 6.33. The summed E-state index contributed by atoms with van der Waals surface area (Å²) in [5, 5.41) is 4.01. The van der Waals surface area contributed by atoms with E-state index in [2.05, 4.69) is 32.0 Å². The van der Waals surface area contributed by atoms with Crippen molar-refractivity contribution in [3.05, 3.63) is 54.5 Å². The van der Waals surface area contributed by atoms with Crippen LogP contribution in [0.15, 0.2) is 48.8 Å². The average molecular weight is 363 g/mol. The van der Waals surface area contributed by atoms with Gasteiger partial charge in [0.05, 0.1) is 16.6 Å². The number of fused-ring (bicyclic) bond motifs is 3. The first-order valence-electron chi connectivity index (χ1n) is 8.85. The zero-order valence-corrected chi connectivity index (χ0v) is 15.3. The maximum absolute atomic E-state index is 12.9. The molecule has 0 saturated heterocycles. The first-order chi connectivity index (χ1) is 13.2. The minimum atomic E-state index is -0.154. The predicted octanol–water partition coefficient (Wildman–Crippen LogP) is 2.68. The molecule has 1 N–H and O–H groups in total. The van der Waals surface area contributed by atoms with E-state index in [1.807, 2.05) is 29.8 Å². The molecule has 0 unspecified atom stereocenters. The topological polar surface area (TPSA) is 74.0 Å². The van der Waals surface area contributed by atoms with E-state index in [1.165, 1.54) is 0 Å². The van der Waals surface area contributed by atoms with Crippen molar-refractivity contribution in [3.63, 3.8) is 0 Å². The van der Waals surface area contributed by atoms with E-state index in [-0.39, 0.29) is 5.91 Å². The number of methoxy groups -OCH3 is 1. The first-order valence-corrected chi connectivity index (χ1v) is 8.85. The summed E-state index contributed by atoms with van der Waals surface area (Å²) in [6, 6.07) is 11.8. The van der Waals surface area contributed by atoms with Crippen LogP contribution in [0.5, 0.6) is 0 Å². The Bertz CT molecular complexity index is 1100. The predicted molar refractivity (Wildman–Crippen MR) is 104 cm³/mol. The van der Waals surface area contributed by atoms with Gasteiger partial charge < -0.3 is 14.6 Å². The molecule has 4 aromatic rings. The van der Waals surface area contributed by atoms with Crippen LogP contribution < -0.4 is 5.32 Å². The Morgan fingerprint density at radius 1 is 1.15 bits per heavy atom. The van der Waals surface area contributed by atoms with Crippen molar-refractivity contribution in [2.24, 2.45) is 7.05 Å². The van der Waals surface area contributed by atoms with Gasteiger partial charge in [0, 0.05) is 45.1 Å². The van der Waals surface area contributed by atoms with Crippen LogP contribution in [-0.2, 0) is 11.8 Å². The van der Waals surface area contributed by atoms with Crippen molar-refractivity contribution in [1.29, 1.82) is 0 Å². The third-order valence-corrected chi connectivity index (χ3v) is 4.66. The Morgan fingerprint density at radius 3 is 2.70 bits per heavy atom. The number of nitrogens with zero attached hydrogens (tertiary/aromatic N) is 4. The van der Waals surface area contributed by atoms with E-state index in [0.29, 0.717) is 24.8 Å². The van der Waals surface area contributed by atoms with Crippen LogP contribution in [0.25, 0.3) is 27.9 Å². The van der Waals surface area contributed by atoms with Crippen LogP contribution in [0, 0.1) is 0 Å². The third-order valence-electron chi connectivity index (χ3n) is 4.66. The maximum atomic E-state index is 12.9. The molecule has 0 fully saturated rings. The van der Waals surface area contributed by atoms with E-state index in [1.54, 1.807) is 25.6 Å². The molecule has 3 heterocycles. The number of ether oxygens (including phenoxy) is 1. The Balaban J connectivity index is 1.88. The van der Waals surface area contributed by atoms with Gasteiger partial charge in [0.2, 0.25) is 5.95 Å². The van der Waals surface area contributed by atoms with Gasteiger partial charge in [-0.05, 0) is 24.6 Å². The van der Waals surface area contributed by atoms with E-state index in [4.69, 9.17) is 4.74 Å². The fraction of sp³-hybridized carbons (Fsp3) is 0.250. The number of carbonyl (C=O) groups is 1. The number of para-hydroxylation sites is 1. The monoisotopic (exact) mass is 363 g/mol. The average Bonchev–Trinajstić information content (AvgIpc) is 3.23. The molecular formula is C20H21N5O2. The van der Waals surface area contributed by atoms with Crippen LogP contribution in [-0.4, -0.2) is 45.3 Å². The summed E-state index contributed by atoms with van der Waals surface area (Å²) in [5.41, 5.74) is 3.51.